The van der Waals surface area contributed by atoms with Gasteiger partial charge in [-0.1, -0.05) is 24.9 Å². The van der Waals surface area contributed by atoms with Gasteiger partial charge < -0.3 is 4.90 Å². The monoisotopic (exact) mass is 284 g/mol. The summed E-state index contributed by atoms with van der Waals surface area (Å²) < 4.78 is 0. The summed E-state index contributed by atoms with van der Waals surface area (Å²) >= 11 is 5.99. The number of hydrogen-bond donors (Lipinski definition) is 0. The standard InChI is InChI=1S/C13H17ClN2O3/c1-3-4-5-13(17)15(2)9-10-8-11(16(18)19)6-7-12(10)14/h6-8H,3-5,9H2,1-2H3. The Labute approximate surface area is 117 Å². The van der Waals surface area contributed by atoms with Gasteiger partial charge in [0.2, 0.25) is 5.91 Å². The van der Waals surface area contributed by atoms with E-state index in [0.29, 0.717) is 17.0 Å². The second-order valence-corrected chi connectivity index (χ2v) is 4.79. The van der Waals surface area contributed by atoms with Crippen molar-refractivity contribution < 1.29 is 9.72 Å². The molecule has 1 aromatic rings. The van der Waals surface area contributed by atoms with Gasteiger partial charge in [-0.05, 0) is 18.1 Å². The zero-order valence-corrected chi connectivity index (χ0v) is 11.8. The molecule has 0 N–H and O–H groups in total. The molecule has 0 heterocycles. The van der Waals surface area contributed by atoms with Gasteiger partial charge in [-0.3, -0.25) is 14.9 Å². The first-order chi connectivity index (χ1) is 8.95. The molecule has 0 saturated heterocycles. The van der Waals surface area contributed by atoms with E-state index in [2.05, 4.69) is 0 Å². The van der Waals surface area contributed by atoms with E-state index >= 15 is 0 Å². The molecule has 0 aliphatic heterocycles. The van der Waals surface area contributed by atoms with E-state index in [1.807, 2.05) is 6.92 Å². The van der Waals surface area contributed by atoms with Gasteiger partial charge in [-0.2, -0.15) is 0 Å². The predicted octanol–water partition coefficient (Wildman–Crippen LogP) is 3.40. The molecule has 1 aromatic carbocycles. The van der Waals surface area contributed by atoms with Crippen molar-refractivity contribution in [2.45, 2.75) is 32.7 Å². The smallest absolute Gasteiger partial charge is 0.269 e. The highest BCUT2D eigenvalue weighted by Gasteiger charge is 2.14. The number of non-ortho nitro benzene ring substituents is 1. The van der Waals surface area contributed by atoms with E-state index in [4.69, 9.17) is 11.6 Å². The molecule has 0 aliphatic rings. The summed E-state index contributed by atoms with van der Waals surface area (Å²) in [6.07, 6.45) is 2.28. The van der Waals surface area contributed by atoms with Crippen LogP contribution in [0.1, 0.15) is 31.7 Å². The van der Waals surface area contributed by atoms with Gasteiger partial charge in [0.05, 0.1) is 4.92 Å². The zero-order chi connectivity index (χ0) is 14.4. The Morgan fingerprint density at radius 1 is 1.47 bits per heavy atom. The molecule has 1 amide bonds. The van der Waals surface area contributed by atoms with Gasteiger partial charge >= 0.3 is 0 Å². The number of amides is 1. The Balaban J connectivity index is 2.78. The number of nitrogens with zero attached hydrogens (tertiary/aromatic N) is 2. The number of carbonyl (C=O) groups excluding carboxylic acids is 1. The first kappa shape index (κ1) is 15.4. The molecule has 0 aliphatic carbocycles. The van der Waals surface area contributed by atoms with Gasteiger partial charge in [-0.15, -0.1) is 0 Å². The highest BCUT2D eigenvalue weighted by Crippen LogP contribution is 2.23. The van der Waals surface area contributed by atoms with E-state index in [1.165, 1.54) is 18.2 Å². The van der Waals surface area contributed by atoms with E-state index in [9.17, 15) is 14.9 Å². The molecule has 0 spiro atoms. The van der Waals surface area contributed by atoms with Crippen molar-refractivity contribution in [3.63, 3.8) is 0 Å². The maximum Gasteiger partial charge on any atom is 0.269 e. The van der Waals surface area contributed by atoms with Crippen molar-refractivity contribution >= 4 is 23.2 Å². The lowest BCUT2D eigenvalue weighted by atomic mass is 10.1. The Kier molecular flexibility index (Phi) is 5.76. The molecule has 1 rings (SSSR count). The summed E-state index contributed by atoms with van der Waals surface area (Å²) in [7, 11) is 1.67. The Bertz CT molecular complexity index is 477. The SMILES string of the molecule is CCCCC(=O)N(C)Cc1cc([N+](=O)[O-])ccc1Cl. The van der Waals surface area contributed by atoms with E-state index in [-0.39, 0.29) is 18.1 Å². The number of rotatable bonds is 6. The van der Waals surface area contributed by atoms with Crippen molar-refractivity contribution in [2.75, 3.05) is 7.05 Å². The van der Waals surface area contributed by atoms with Crippen LogP contribution in [0.15, 0.2) is 18.2 Å². The van der Waals surface area contributed by atoms with E-state index in [0.717, 1.165) is 12.8 Å². The average molecular weight is 285 g/mol. The van der Waals surface area contributed by atoms with Crippen molar-refractivity contribution in [3.8, 4) is 0 Å². The van der Waals surface area contributed by atoms with Gasteiger partial charge in [0.15, 0.2) is 0 Å². The number of carbonyl (C=O) groups is 1. The maximum absolute atomic E-state index is 11.8. The number of hydrogen-bond acceptors (Lipinski definition) is 3. The highest BCUT2D eigenvalue weighted by atomic mass is 35.5. The minimum absolute atomic E-state index is 0.0180. The first-order valence-corrected chi connectivity index (χ1v) is 6.50. The van der Waals surface area contributed by atoms with E-state index in [1.54, 1.807) is 11.9 Å². The van der Waals surface area contributed by atoms with Crippen molar-refractivity contribution in [3.05, 3.63) is 38.9 Å². The number of unbranched alkanes of at least 4 members (excludes halogenated alkanes) is 1. The number of benzene rings is 1. The van der Waals surface area contributed by atoms with Gasteiger partial charge in [-0.25, -0.2) is 0 Å². The molecule has 0 saturated carbocycles. The molecule has 0 unspecified atom stereocenters. The lowest BCUT2D eigenvalue weighted by molar-refractivity contribution is -0.384. The Morgan fingerprint density at radius 3 is 2.74 bits per heavy atom. The minimum atomic E-state index is -0.473. The maximum atomic E-state index is 11.8. The van der Waals surface area contributed by atoms with Crippen LogP contribution in [0.25, 0.3) is 0 Å². The van der Waals surface area contributed by atoms with Crippen LogP contribution in [-0.4, -0.2) is 22.8 Å². The van der Waals surface area contributed by atoms with Crippen molar-refractivity contribution in [1.29, 1.82) is 0 Å². The lowest BCUT2D eigenvalue weighted by Gasteiger charge is -2.17. The molecular formula is C13H17ClN2O3. The van der Waals surface area contributed by atoms with Crippen LogP contribution in [-0.2, 0) is 11.3 Å². The summed E-state index contributed by atoms with van der Waals surface area (Å²) in [6.45, 7) is 2.30. The molecule has 5 nitrogen and oxygen atoms in total. The fourth-order valence-electron chi connectivity index (χ4n) is 1.66. The highest BCUT2D eigenvalue weighted by molar-refractivity contribution is 6.31. The van der Waals surface area contributed by atoms with Crippen LogP contribution in [0.5, 0.6) is 0 Å². The molecule has 0 atom stereocenters. The van der Waals surface area contributed by atoms with Crippen LogP contribution in [0.4, 0.5) is 5.69 Å². The first-order valence-electron chi connectivity index (χ1n) is 6.12. The second-order valence-electron chi connectivity index (χ2n) is 4.39. The summed E-state index contributed by atoms with van der Waals surface area (Å²) in [6, 6.07) is 4.25. The third kappa shape index (κ3) is 4.52. The van der Waals surface area contributed by atoms with Gasteiger partial charge in [0, 0.05) is 37.2 Å². The number of halogens is 1. The fraction of sp³-hybridized carbons (Fsp3) is 0.462. The number of nitro benzene ring substituents is 1. The van der Waals surface area contributed by atoms with Gasteiger partial charge in [0.25, 0.3) is 5.69 Å². The van der Waals surface area contributed by atoms with Crippen molar-refractivity contribution in [1.82, 2.24) is 4.90 Å². The molecule has 19 heavy (non-hydrogen) atoms. The van der Waals surface area contributed by atoms with Crippen LogP contribution in [0, 0.1) is 10.1 Å². The molecule has 0 radical (unpaired) electrons. The molecule has 0 aromatic heterocycles. The van der Waals surface area contributed by atoms with Gasteiger partial charge in [0.1, 0.15) is 0 Å². The quantitative estimate of drug-likeness (QED) is 0.594. The summed E-state index contributed by atoms with van der Waals surface area (Å²) in [5.74, 6) is 0.0180. The normalized spacial score (nSPS) is 10.3. The predicted molar refractivity (Wildman–Crippen MR) is 74.1 cm³/mol. The molecule has 6 heteroatoms. The third-order valence-corrected chi connectivity index (χ3v) is 3.19. The summed E-state index contributed by atoms with van der Waals surface area (Å²) in [5.41, 5.74) is 0.567. The summed E-state index contributed by atoms with van der Waals surface area (Å²) in [4.78, 5) is 23.6. The molecule has 0 fully saturated rings. The van der Waals surface area contributed by atoms with E-state index < -0.39 is 4.92 Å². The average Bonchev–Trinajstić information content (AvgIpc) is 2.38. The van der Waals surface area contributed by atoms with Crippen molar-refractivity contribution in [2.24, 2.45) is 0 Å². The Morgan fingerprint density at radius 2 is 2.16 bits per heavy atom. The third-order valence-electron chi connectivity index (χ3n) is 2.82. The summed E-state index contributed by atoms with van der Waals surface area (Å²) in [5, 5.41) is 11.1. The molecule has 0 bridgehead atoms. The zero-order valence-electron chi connectivity index (χ0n) is 11.1. The molecule has 104 valence electrons. The van der Waals surface area contributed by atoms with Crippen LogP contribution >= 0.6 is 11.6 Å². The minimum Gasteiger partial charge on any atom is -0.341 e. The molecular weight excluding hydrogens is 268 g/mol. The largest absolute Gasteiger partial charge is 0.341 e. The number of nitro groups is 1. The topological polar surface area (TPSA) is 63.5 Å². The Hall–Kier alpha value is -1.62. The van der Waals surface area contributed by atoms with Crippen LogP contribution in [0.2, 0.25) is 5.02 Å². The second kappa shape index (κ2) is 7.09. The fourth-order valence-corrected chi connectivity index (χ4v) is 1.84. The lowest BCUT2D eigenvalue weighted by Crippen LogP contribution is -2.26. The van der Waals surface area contributed by atoms with Crippen LogP contribution < -0.4 is 0 Å². The van der Waals surface area contributed by atoms with Crippen LogP contribution in [0.3, 0.4) is 0 Å².